The van der Waals surface area contributed by atoms with Gasteiger partial charge in [0.05, 0.1) is 11.2 Å². The normalized spacial score (nSPS) is 17.4. The smallest absolute Gasteiger partial charge is 0.287 e. The summed E-state index contributed by atoms with van der Waals surface area (Å²) in [6, 6.07) is 7.82. The van der Waals surface area contributed by atoms with Crippen molar-refractivity contribution < 1.29 is 9.59 Å². The van der Waals surface area contributed by atoms with Crippen LogP contribution in [0.3, 0.4) is 0 Å². The van der Waals surface area contributed by atoms with Gasteiger partial charge in [-0.1, -0.05) is 12.1 Å². The molecule has 1 unspecified atom stereocenters. The van der Waals surface area contributed by atoms with Crippen molar-refractivity contribution in [3.05, 3.63) is 52.1 Å². The lowest BCUT2D eigenvalue weighted by Gasteiger charge is -2.10. The first kappa shape index (κ1) is 16.4. The van der Waals surface area contributed by atoms with Gasteiger partial charge in [0.1, 0.15) is 6.04 Å². The highest BCUT2D eigenvalue weighted by molar-refractivity contribution is 8.26. The van der Waals surface area contributed by atoms with Crippen molar-refractivity contribution in [1.82, 2.24) is 14.9 Å². The predicted molar refractivity (Wildman–Crippen MR) is 101 cm³/mol. The van der Waals surface area contributed by atoms with Gasteiger partial charge in [-0.2, -0.15) is 0 Å². The first-order valence-corrected chi connectivity index (χ1v) is 9.79. The molecular formula is C18H17N3O2S2. The van der Waals surface area contributed by atoms with E-state index in [1.807, 2.05) is 24.6 Å². The molecule has 0 aliphatic carbocycles. The van der Waals surface area contributed by atoms with Crippen LogP contribution in [0.5, 0.6) is 0 Å². The maximum Gasteiger partial charge on any atom is 0.287 e. The third kappa shape index (κ3) is 3.21. The number of carbonyl (C=O) groups is 2. The monoisotopic (exact) mass is 371 g/mol. The van der Waals surface area contributed by atoms with Crippen LogP contribution >= 0.6 is 23.1 Å². The molecule has 1 aromatic carbocycles. The fourth-order valence-corrected chi connectivity index (χ4v) is 4.63. The predicted octanol–water partition coefficient (Wildman–Crippen LogP) is 3.54. The summed E-state index contributed by atoms with van der Waals surface area (Å²) in [5.74, 6) is 0. The maximum absolute atomic E-state index is 11.9. The summed E-state index contributed by atoms with van der Waals surface area (Å²) in [6.07, 6.45) is 3.58. The molecule has 1 saturated heterocycles. The fourth-order valence-electron chi connectivity index (χ4n) is 3.20. The molecule has 1 aliphatic heterocycles. The molecule has 1 aliphatic rings. The number of hydrogen-bond donors (Lipinski definition) is 1. The first-order chi connectivity index (χ1) is 12.1. The number of nitrogens with zero attached hydrogens (tertiary/aromatic N) is 2. The van der Waals surface area contributed by atoms with E-state index in [-0.39, 0.29) is 10.4 Å². The van der Waals surface area contributed by atoms with Crippen LogP contribution in [0.1, 0.15) is 16.1 Å². The number of aromatic nitrogens is 2. The zero-order valence-corrected chi connectivity index (χ0v) is 15.3. The molecule has 4 rings (SSSR count). The zero-order valence-electron chi connectivity index (χ0n) is 13.7. The number of thiazole rings is 1. The number of fused-ring (bicyclic) bond motifs is 1. The van der Waals surface area contributed by atoms with E-state index in [2.05, 4.69) is 33.2 Å². The Balaban J connectivity index is 1.56. The van der Waals surface area contributed by atoms with Crippen molar-refractivity contribution in [2.75, 3.05) is 0 Å². The summed E-state index contributed by atoms with van der Waals surface area (Å²) in [4.78, 5) is 28.9. The largest absolute Gasteiger partial charge is 0.347 e. The number of aryl methyl sites for hydroxylation is 3. The zero-order chi connectivity index (χ0) is 17.4. The van der Waals surface area contributed by atoms with Gasteiger partial charge in [-0.25, -0.2) is 4.98 Å². The molecule has 7 heteroatoms. The van der Waals surface area contributed by atoms with E-state index >= 15 is 0 Å². The van der Waals surface area contributed by atoms with E-state index < -0.39 is 6.04 Å². The molecule has 1 fully saturated rings. The van der Waals surface area contributed by atoms with E-state index in [9.17, 15) is 9.59 Å². The summed E-state index contributed by atoms with van der Waals surface area (Å²) >= 11 is 2.46. The van der Waals surface area contributed by atoms with Crippen LogP contribution in [0.2, 0.25) is 0 Å². The fraction of sp³-hybridized carbons (Fsp3) is 0.278. The van der Waals surface area contributed by atoms with Gasteiger partial charge in [-0.15, -0.1) is 11.3 Å². The average molecular weight is 371 g/mol. The summed E-state index contributed by atoms with van der Waals surface area (Å²) in [5.41, 5.74) is 5.24. The minimum absolute atomic E-state index is 0.0953. The van der Waals surface area contributed by atoms with Gasteiger partial charge in [-0.3, -0.25) is 9.59 Å². The molecule has 1 atom stereocenters. The molecule has 25 heavy (non-hydrogen) atoms. The highest BCUT2D eigenvalue weighted by Gasteiger charge is 2.31. The van der Waals surface area contributed by atoms with Gasteiger partial charge in [0.15, 0.2) is 0 Å². The van der Waals surface area contributed by atoms with Crippen LogP contribution < -0.4 is 5.32 Å². The van der Waals surface area contributed by atoms with Crippen molar-refractivity contribution in [1.29, 1.82) is 0 Å². The molecule has 0 radical (unpaired) electrons. The van der Waals surface area contributed by atoms with Crippen molar-refractivity contribution in [3.8, 4) is 0 Å². The quantitative estimate of drug-likeness (QED) is 0.745. The number of hydrogen-bond acceptors (Lipinski definition) is 5. The summed E-state index contributed by atoms with van der Waals surface area (Å²) in [5, 5.41) is 3.53. The Morgan fingerprint density at radius 2 is 2.16 bits per heavy atom. The Labute approximate surface area is 153 Å². The lowest BCUT2D eigenvalue weighted by atomic mass is 10.0. The molecule has 0 bridgehead atoms. The molecule has 2 aromatic heterocycles. The van der Waals surface area contributed by atoms with Crippen LogP contribution in [0.25, 0.3) is 10.9 Å². The van der Waals surface area contributed by atoms with Crippen LogP contribution in [0, 0.1) is 6.92 Å². The van der Waals surface area contributed by atoms with Crippen LogP contribution in [-0.4, -0.2) is 25.9 Å². The number of nitrogens with one attached hydrogen (secondary N) is 1. The van der Waals surface area contributed by atoms with E-state index in [1.165, 1.54) is 4.88 Å². The second-order valence-corrected chi connectivity index (χ2v) is 8.00. The maximum atomic E-state index is 11.9. The second-order valence-electron chi connectivity index (χ2n) is 6.08. The Morgan fingerprint density at radius 3 is 2.88 bits per heavy atom. The highest BCUT2D eigenvalue weighted by atomic mass is 32.2. The van der Waals surface area contributed by atoms with E-state index in [0.717, 1.165) is 46.9 Å². The van der Waals surface area contributed by atoms with Crippen molar-refractivity contribution in [2.45, 2.75) is 32.4 Å². The molecule has 0 saturated carbocycles. The number of rotatable bonds is 5. The van der Waals surface area contributed by atoms with Gasteiger partial charge in [0, 0.05) is 53.1 Å². The SMILES string of the molecule is Cc1ncsc1CCn1ccc2c(CC3NC(=O)SC3=O)cccc21. The molecule has 0 spiro atoms. The molecule has 5 nitrogen and oxygen atoms in total. The van der Waals surface area contributed by atoms with Crippen LogP contribution in [0.15, 0.2) is 36.0 Å². The topological polar surface area (TPSA) is 64.0 Å². The van der Waals surface area contributed by atoms with Gasteiger partial charge in [0.25, 0.3) is 5.24 Å². The Hall–Kier alpha value is -2.12. The average Bonchev–Trinajstić information content (AvgIpc) is 3.26. The van der Waals surface area contributed by atoms with E-state index in [0.29, 0.717) is 6.42 Å². The number of thioether (sulfide) groups is 1. The van der Waals surface area contributed by atoms with Crippen LogP contribution in [0.4, 0.5) is 4.79 Å². The van der Waals surface area contributed by atoms with E-state index in [4.69, 9.17) is 0 Å². The third-order valence-electron chi connectivity index (χ3n) is 4.52. The Kier molecular flexibility index (Phi) is 4.35. The summed E-state index contributed by atoms with van der Waals surface area (Å²) in [6.45, 7) is 2.94. The lowest BCUT2D eigenvalue weighted by Crippen LogP contribution is -2.30. The third-order valence-corrected chi connectivity index (χ3v) is 6.31. The minimum atomic E-state index is -0.425. The van der Waals surface area contributed by atoms with Gasteiger partial charge in [-0.05, 0) is 24.6 Å². The number of carbonyl (C=O) groups excluding carboxylic acids is 2. The number of amides is 1. The van der Waals surface area contributed by atoms with Gasteiger partial charge in [0.2, 0.25) is 5.12 Å². The molecule has 3 aromatic rings. The molecular weight excluding hydrogens is 354 g/mol. The van der Waals surface area contributed by atoms with E-state index in [1.54, 1.807) is 11.3 Å². The van der Waals surface area contributed by atoms with Crippen molar-refractivity contribution in [3.63, 3.8) is 0 Å². The standard InChI is InChI=1S/C18H17N3O2S2/c1-11-16(24-10-19-11)6-8-21-7-5-13-12(3-2-4-15(13)21)9-14-17(22)25-18(23)20-14/h2-5,7,10,14H,6,8-9H2,1H3,(H,20,23). The van der Waals surface area contributed by atoms with Crippen molar-refractivity contribution in [2.24, 2.45) is 0 Å². The summed E-state index contributed by atoms with van der Waals surface area (Å²) < 4.78 is 2.24. The summed E-state index contributed by atoms with van der Waals surface area (Å²) in [7, 11) is 0. The Bertz CT molecular complexity index is 960. The van der Waals surface area contributed by atoms with Crippen molar-refractivity contribution >= 4 is 44.4 Å². The first-order valence-electron chi connectivity index (χ1n) is 8.09. The lowest BCUT2D eigenvalue weighted by molar-refractivity contribution is -0.112. The Morgan fingerprint density at radius 1 is 1.28 bits per heavy atom. The second kappa shape index (κ2) is 6.65. The van der Waals surface area contributed by atoms with Gasteiger partial charge >= 0.3 is 0 Å². The molecule has 1 amide bonds. The minimum Gasteiger partial charge on any atom is -0.347 e. The highest BCUT2D eigenvalue weighted by Crippen LogP contribution is 2.25. The molecule has 1 N–H and O–H groups in total. The number of benzene rings is 1. The molecule has 128 valence electrons. The van der Waals surface area contributed by atoms with Gasteiger partial charge < -0.3 is 9.88 Å². The molecule has 3 heterocycles. The van der Waals surface area contributed by atoms with Crippen LogP contribution in [-0.2, 0) is 24.2 Å².